The van der Waals surface area contributed by atoms with Gasteiger partial charge in [-0.2, -0.15) is 4.39 Å². The number of H-pyrrole nitrogens is 1. The summed E-state index contributed by atoms with van der Waals surface area (Å²) in [6.07, 6.45) is -0.760. The van der Waals surface area contributed by atoms with Crippen LogP contribution >= 0.6 is 0 Å². The number of nitrogens with one attached hydrogen (secondary N) is 2. The van der Waals surface area contributed by atoms with Gasteiger partial charge in [-0.1, -0.05) is 0 Å². The highest BCUT2D eigenvalue weighted by Gasteiger charge is 2.17. The Morgan fingerprint density at radius 3 is 2.94 bits per heavy atom. The lowest BCUT2D eigenvalue weighted by molar-refractivity contribution is -0.387. The first-order chi connectivity index (χ1) is 8.51. The molecule has 2 N–H and O–H groups in total. The molecular formula is C9H7FN4O4. The zero-order valence-corrected chi connectivity index (χ0v) is 9.06. The number of carbonyl (C=O) groups is 1. The van der Waals surface area contributed by atoms with Crippen LogP contribution in [0.4, 0.5) is 20.8 Å². The number of imidazole rings is 1. The van der Waals surface area contributed by atoms with Crippen LogP contribution < -0.4 is 5.32 Å². The highest BCUT2D eigenvalue weighted by Crippen LogP contribution is 2.24. The van der Waals surface area contributed by atoms with Gasteiger partial charge in [-0.25, -0.2) is 9.78 Å². The van der Waals surface area contributed by atoms with Gasteiger partial charge in [-0.05, 0) is 0 Å². The molecule has 0 saturated carbocycles. The molecule has 1 aromatic heterocycles. The average Bonchev–Trinajstić information content (AvgIpc) is 2.68. The van der Waals surface area contributed by atoms with Crippen molar-refractivity contribution < 1.29 is 18.8 Å². The molecule has 0 spiro atoms. The van der Waals surface area contributed by atoms with Crippen LogP contribution in [-0.2, 0) is 4.74 Å². The third kappa shape index (κ3) is 2.05. The molecule has 1 aromatic carbocycles. The van der Waals surface area contributed by atoms with E-state index in [0.29, 0.717) is 0 Å². The number of amides is 1. The third-order valence-corrected chi connectivity index (χ3v) is 2.15. The lowest BCUT2D eigenvalue weighted by atomic mass is 10.2. The maximum absolute atomic E-state index is 13.3. The lowest BCUT2D eigenvalue weighted by Crippen LogP contribution is -2.11. The zero-order valence-electron chi connectivity index (χ0n) is 9.06. The van der Waals surface area contributed by atoms with E-state index in [1.807, 2.05) is 0 Å². The van der Waals surface area contributed by atoms with Gasteiger partial charge in [0, 0.05) is 12.1 Å². The number of nitro benzene ring substituents is 1. The zero-order chi connectivity index (χ0) is 13.3. The minimum Gasteiger partial charge on any atom is -0.453 e. The summed E-state index contributed by atoms with van der Waals surface area (Å²) in [5.74, 6) is -0.986. The van der Waals surface area contributed by atoms with Gasteiger partial charge in [0.05, 0.1) is 23.1 Å². The highest BCUT2D eigenvalue weighted by atomic mass is 19.1. The summed E-state index contributed by atoms with van der Waals surface area (Å²) < 4.78 is 17.6. The number of fused-ring (bicyclic) bond motifs is 1. The summed E-state index contributed by atoms with van der Waals surface area (Å²) in [6, 6.07) is 1.91. The molecule has 2 rings (SSSR count). The Kier molecular flexibility index (Phi) is 2.80. The van der Waals surface area contributed by atoms with Crippen LogP contribution in [0, 0.1) is 15.9 Å². The summed E-state index contributed by atoms with van der Waals surface area (Å²) in [6.45, 7) is 0. The predicted molar refractivity (Wildman–Crippen MR) is 58.7 cm³/mol. The van der Waals surface area contributed by atoms with Crippen LogP contribution in [0.3, 0.4) is 0 Å². The van der Waals surface area contributed by atoms with Gasteiger partial charge in [0.15, 0.2) is 0 Å². The SMILES string of the molecule is COC(=O)Nc1nc2cc(F)c([N+](=O)[O-])cc2[nH]1. The molecule has 8 nitrogen and oxygen atoms in total. The van der Waals surface area contributed by atoms with Crippen molar-refractivity contribution in [1.82, 2.24) is 9.97 Å². The minimum atomic E-state index is -0.997. The molecule has 0 aliphatic rings. The van der Waals surface area contributed by atoms with Gasteiger partial charge >= 0.3 is 11.8 Å². The second-order valence-electron chi connectivity index (χ2n) is 3.28. The van der Waals surface area contributed by atoms with Crippen molar-refractivity contribution in [2.24, 2.45) is 0 Å². The predicted octanol–water partition coefficient (Wildman–Crippen LogP) is 1.79. The topological polar surface area (TPSA) is 110 Å². The Labute approximate surface area is 98.9 Å². The van der Waals surface area contributed by atoms with E-state index in [-0.39, 0.29) is 17.0 Å². The van der Waals surface area contributed by atoms with Gasteiger partial charge in [0.1, 0.15) is 0 Å². The molecule has 9 heteroatoms. The summed E-state index contributed by atoms with van der Waals surface area (Å²) in [5.41, 5.74) is -0.283. The van der Waals surface area contributed by atoms with E-state index in [4.69, 9.17) is 0 Å². The Bertz CT molecular complexity index is 639. The number of benzene rings is 1. The van der Waals surface area contributed by atoms with E-state index in [1.54, 1.807) is 0 Å². The number of carbonyl (C=O) groups excluding carboxylic acids is 1. The summed E-state index contributed by atoms with van der Waals surface area (Å²) >= 11 is 0. The molecule has 2 aromatic rings. The van der Waals surface area contributed by atoms with E-state index in [0.717, 1.165) is 12.1 Å². The second-order valence-corrected chi connectivity index (χ2v) is 3.28. The van der Waals surface area contributed by atoms with Crippen molar-refractivity contribution in [1.29, 1.82) is 0 Å². The molecule has 18 heavy (non-hydrogen) atoms. The molecule has 0 fully saturated rings. The monoisotopic (exact) mass is 254 g/mol. The van der Waals surface area contributed by atoms with Crippen LogP contribution in [0.25, 0.3) is 11.0 Å². The van der Waals surface area contributed by atoms with Crippen molar-refractivity contribution in [2.45, 2.75) is 0 Å². The number of anilines is 1. The van der Waals surface area contributed by atoms with Crippen molar-refractivity contribution in [3.8, 4) is 0 Å². The Balaban J connectivity index is 2.45. The summed E-state index contributed by atoms with van der Waals surface area (Å²) in [4.78, 5) is 27.0. The maximum atomic E-state index is 13.3. The Morgan fingerprint density at radius 2 is 2.33 bits per heavy atom. The molecule has 0 unspecified atom stereocenters. The summed E-state index contributed by atoms with van der Waals surface area (Å²) in [5, 5.41) is 12.8. The normalized spacial score (nSPS) is 10.3. The molecule has 0 aliphatic carbocycles. The molecule has 0 atom stereocenters. The Morgan fingerprint density at radius 1 is 1.61 bits per heavy atom. The number of aromatic nitrogens is 2. The van der Waals surface area contributed by atoms with Gasteiger partial charge < -0.3 is 9.72 Å². The number of aromatic amines is 1. The van der Waals surface area contributed by atoms with Crippen LogP contribution in [0.5, 0.6) is 0 Å². The molecule has 0 radical (unpaired) electrons. The summed E-state index contributed by atoms with van der Waals surface area (Å²) in [7, 11) is 1.17. The quantitative estimate of drug-likeness (QED) is 0.627. The first-order valence-corrected chi connectivity index (χ1v) is 4.70. The standard InChI is InChI=1S/C9H7FN4O4/c1-18-9(15)13-8-11-5-2-4(10)7(14(16)17)3-6(5)12-8/h2-3H,1H3,(H2,11,12,13,15). The fourth-order valence-electron chi connectivity index (χ4n) is 1.37. The number of ether oxygens (including phenoxy) is 1. The average molecular weight is 254 g/mol. The number of hydrogen-bond donors (Lipinski definition) is 2. The van der Waals surface area contributed by atoms with E-state index < -0.39 is 22.5 Å². The number of hydrogen-bond acceptors (Lipinski definition) is 5. The van der Waals surface area contributed by atoms with Crippen LogP contribution in [0.1, 0.15) is 0 Å². The number of methoxy groups -OCH3 is 1. The van der Waals surface area contributed by atoms with E-state index in [1.165, 1.54) is 7.11 Å². The van der Waals surface area contributed by atoms with Crippen molar-refractivity contribution in [3.05, 3.63) is 28.1 Å². The van der Waals surface area contributed by atoms with Crippen molar-refractivity contribution >= 4 is 28.8 Å². The fourth-order valence-corrected chi connectivity index (χ4v) is 1.37. The third-order valence-electron chi connectivity index (χ3n) is 2.15. The van der Waals surface area contributed by atoms with Gasteiger partial charge in [0.25, 0.3) is 0 Å². The number of nitrogens with zero attached hydrogens (tertiary/aromatic N) is 2. The lowest BCUT2D eigenvalue weighted by Gasteiger charge is -1.96. The molecule has 0 saturated heterocycles. The van der Waals surface area contributed by atoms with E-state index in [2.05, 4.69) is 20.0 Å². The van der Waals surface area contributed by atoms with Gasteiger partial charge in [-0.3, -0.25) is 15.4 Å². The molecular weight excluding hydrogens is 247 g/mol. The second kappa shape index (κ2) is 4.28. The van der Waals surface area contributed by atoms with Gasteiger partial charge in [-0.15, -0.1) is 0 Å². The molecule has 94 valence electrons. The molecule has 1 heterocycles. The van der Waals surface area contributed by atoms with Crippen molar-refractivity contribution in [2.75, 3.05) is 12.4 Å². The maximum Gasteiger partial charge on any atom is 0.413 e. The van der Waals surface area contributed by atoms with Crippen LogP contribution in [-0.4, -0.2) is 28.1 Å². The molecule has 1 amide bonds. The highest BCUT2D eigenvalue weighted by molar-refractivity contribution is 5.86. The number of nitro groups is 1. The number of halogens is 1. The van der Waals surface area contributed by atoms with Crippen LogP contribution in [0.15, 0.2) is 12.1 Å². The number of rotatable bonds is 2. The minimum absolute atomic E-state index is 0.0109. The van der Waals surface area contributed by atoms with Crippen LogP contribution in [0.2, 0.25) is 0 Å². The largest absolute Gasteiger partial charge is 0.453 e. The first kappa shape index (κ1) is 11.8. The smallest absolute Gasteiger partial charge is 0.413 e. The van der Waals surface area contributed by atoms with Gasteiger partial charge in [0.2, 0.25) is 11.8 Å². The van der Waals surface area contributed by atoms with Crippen molar-refractivity contribution in [3.63, 3.8) is 0 Å². The molecule has 0 aliphatic heterocycles. The van der Waals surface area contributed by atoms with E-state index >= 15 is 0 Å². The van der Waals surface area contributed by atoms with E-state index in [9.17, 15) is 19.3 Å². The Hall–Kier alpha value is -2.71. The fraction of sp³-hybridized carbons (Fsp3) is 0.111. The molecule has 0 bridgehead atoms. The first-order valence-electron chi connectivity index (χ1n) is 4.70.